The molecule has 1 aliphatic heterocycles. The van der Waals surface area contributed by atoms with Crippen LogP contribution in [-0.4, -0.2) is 39.4 Å². The van der Waals surface area contributed by atoms with Crippen molar-refractivity contribution in [2.24, 2.45) is 0 Å². The highest BCUT2D eigenvalue weighted by molar-refractivity contribution is 6.28. The lowest BCUT2D eigenvalue weighted by Crippen LogP contribution is -2.34. The van der Waals surface area contributed by atoms with Crippen LogP contribution in [0, 0.1) is 0 Å². The predicted octanol–water partition coefficient (Wildman–Crippen LogP) is 4.49. The normalized spacial score (nSPS) is 19.0. The van der Waals surface area contributed by atoms with Gasteiger partial charge in [-0.15, -0.1) is 0 Å². The van der Waals surface area contributed by atoms with Gasteiger partial charge in [-0.05, 0) is 36.7 Å². The minimum atomic E-state index is -2.92. The van der Waals surface area contributed by atoms with E-state index in [0.717, 1.165) is 10.8 Å². The molecule has 0 saturated heterocycles. The molecule has 0 spiro atoms. The molecule has 1 atom stereocenters. The number of aromatic nitrogens is 3. The molecule has 0 radical (unpaired) electrons. The molecule has 2 N–H and O–H groups in total. The number of carbonyl (C=O) groups is 1. The Balaban J connectivity index is 1.43. The first-order valence-corrected chi connectivity index (χ1v) is 10.7. The Bertz CT molecular complexity index is 1470. The summed E-state index contributed by atoms with van der Waals surface area (Å²) in [6.45, 7) is 2.44. The molecule has 1 amide bonds. The Kier molecular flexibility index (Phi) is 4.25. The summed E-state index contributed by atoms with van der Waals surface area (Å²) in [6, 6.07) is 6.79. The SMILES string of the molecule is C[C@@H]1CNc2c(oc3ccc4nc(Oc5nc(Cl)nc6c5CC(F)(F)C6)ccc4c23)C(=O)N1. The highest BCUT2D eigenvalue weighted by Crippen LogP contribution is 2.40. The van der Waals surface area contributed by atoms with Gasteiger partial charge in [0.15, 0.2) is 0 Å². The smallest absolute Gasteiger partial charge is 0.289 e. The van der Waals surface area contributed by atoms with Crippen LogP contribution in [0.3, 0.4) is 0 Å². The zero-order chi connectivity index (χ0) is 22.9. The second kappa shape index (κ2) is 6.98. The van der Waals surface area contributed by atoms with Crippen molar-refractivity contribution in [2.45, 2.75) is 31.7 Å². The zero-order valence-electron chi connectivity index (χ0n) is 17.2. The molecule has 0 bridgehead atoms. The molecule has 4 aromatic rings. The van der Waals surface area contributed by atoms with Crippen LogP contribution in [0.25, 0.3) is 21.9 Å². The lowest BCUT2D eigenvalue weighted by Gasteiger charge is -2.10. The van der Waals surface area contributed by atoms with Gasteiger partial charge in [0.25, 0.3) is 11.8 Å². The molecule has 4 heterocycles. The highest BCUT2D eigenvalue weighted by Gasteiger charge is 2.41. The number of nitrogens with one attached hydrogen (secondary N) is 2. The van der Waals surface area contributed by atoms with Crippen LogP contribution in [0.15, 0.2) is 28.7 Å². The summed E-state index contributed by atoms with van der Waals surface area (Å²) in [5.41, 5.74) is 2.13. The van der Waals surface area contributed by atoms with Gasteiger partial charge in [-0.1, -0.05) is 0 Å². The van der Waals surface area contributed by atoms with Gasteiger partial charge < -0.3 is 19.8 Å². The minimum absolute atomic E-state index is 0.0281. The van der Waals surface area contributed by atoms with Gasteiger partial charge in [0.05, 0.1) is 28.7 Å². The quantitative estimate of drug-likeness (QED) is 0.415. The molecule has 0 fully saturated rings. The van der Waals surface area contributed by atoms with E-state index in [9.17, 15) is 13.6 Å². The van der Waals surface area contributed by atoms with Crippen molar-refractivity contribution >= 4 is 45.1 Å². The summed E-state index contributed by atoms with van der Waals surface area (Å²) in [5.74, 6) is -2.85. The molecule has 33 heavy (non-hydrogen) atoms. The standard InChI is InChI=1S/C22H16ClF2N5O3/c1-9-8-26-17-16-10-2-5-15(28-12(10)3-4-14(16)32-18(17)19(31)27-9)33-20-11-6-22(24,25)7-13(11)29-21(23)30-20/h2-5,9,26H,6-8H2,1H3,(H,27,31)/t9-/m1/s1. The van der Waals surface area contributed by atoms with E-state index in [-0.39, 0.29) is 46.0 Å². The lowest BCUT2D eigenvalue weighted by molar-refractivity contribution is 0.0123. The van der Waals surface area contributed by atoms with Gasteiger partial charge in [0.1, 0.15) is 5.58 Å². The molecule has 6 rings (SSSR count). The van der Waals surface area contributed by atoms with Crippen molar-refractivity contribution in [3.8, 4) is 11.8 Å². The van der Waals surface area contributed by atoms with Crippen LogP contribution in [-0.2, 0) is 12.8 Å². The van der Waals surface area contributed by atoms with Crippen LogP contribution in [0.4, 0.5) is 14.5 Å². The number of anilines is 1. The molecular formula is C22H16ClF2N5O3. The summed E-state index contributed by atoms with van der Waals surface area (Å²) in [6.07, 6.45) is -1.02. The molecule has 2 aliphatic rings. The first kappa shape index (κ1) is 20.1. The van der Waals surface area contributed by atoms with Gasteiger partial charge in [-0.3, -0.25) is 4.79 Å². The number of alkyl halides is 2. The van der Waals surface area contributed by atoms with Gasteiger partial charge in [-0.25, -0.2) is 18.7 Å². The van der Waals surface area contributed by atoms with E-state index in [1.165, 1.54) is 0 Å². The first-order chi connectivity index (χ1) is 15.8. The van der Waals surface area contributed by atoms with E-state index in [2.05, 4.69) is 25.6 Å². The maximum absolute atomic E-state index is 13.9. The first-order valence-electron chi connectivity index (χ1n) is 10.3. The number of hydrogen-bond acceptors (Lipinski definition) is 7. The molecule has 0 saturated carbocycles. The highest BCUT2D eigenvalue weighted by atomic mass is 35.5. The summed E-state index contributed by atoms with van der Waals surface area (Å²) in [7, 11) is 0. The Morgan fingerprint density at radius 3 is 2.88 bits per heavy atom. The van der Waals surface area contributed by atoms with Crippen molar-refractivity contribution in [1.29, 1.82) is 0 Å². The Labute approximate surface area is 190 Å². The van der Waals surface area contributed by atoms with Crippen molar-refractivity contribution in [3.63, 3.8) is 0 Å². The zero-order valence-corrected chi connectivity index (χ0v) is 18.0. The molecule has 1 aliphatic carbocycles. The lowest BCUT2D eigenvalue weighted by atomic mass is 10.1. The molecule has 8 nitrogen and oxygen atoms in total. The van der Waals surface area contributed by atoms with Crippen LogP contribution >= 0.6 is 11.6 Å². The number of pyridine rings is 1. The second-order valence-electron chi connectivity index (χ2n) is 8.25. The molecular weight excluding hydrogens is 456 g/mol. The van der Waals surface area contributed by atoms with Crippen molar-refractivity contribution in [1.82, 2.24) is 20.3 Å². The monoisotopic (exact) mass is 471 g/mol. The third kappa shape index (κ3) is 3.32. The number of ether oxygens (including phenoxy) is 1. The topological polar surface area (TPSA) is 102 Å². The number of halogens is 3. The van der Waals surface area contributed by atoms with E-state index in [1.807, 2.05) is 6.92 Å². The Morgan fingerprint density at radius 1 is 1.18 bits per heavy atom. The predicted molar refractivity (Wildman–Crippen MR) is 116 cm³/mol. The fraction of sp³-hybridized carbons (Fsp3) is 0.273. The van der Waals surface area contributed by atoms with Crippen molar-refractivity contribution in [3.05, 3.63) is 46.6 Å². The average Bonchev–Trinajstić information content (AvgIpc) is 3.24. The van der Waals surface area contributed by atoms with E-state index in [0.29, 0.717) is 23.3 Å². The summed E-state index contributed by atoms with van der Waals surface area (Å²) < 4.78 is 39.4. The fourth-order valence-corrected chi connectivity index (χ4v) is 4.49. The van der Waals surface area contributed by atoms with E-state index >= 15 is 0 Å². The van der Waals surface area contributed by atoms with Crippen molar-refractivity contribution in [2.75, 3.05) is 11.9 Å². The van der Waals surface area contributed by atoms with Crippen LogP contribution in [0.2, 0.25) is 5.28 Å². The van der Waals surface area contributed by atoms with Gasteiger partial charge in [0, 0.05) is 36.0 Å². The number of carbonyl (C=O) groups excluding carboxylic acids is 1. The molecule has 1 aromatic carbocycles. The summed E-state index contributed by atoms with van der Waals surface area (Å²) in [5, 5.41) is 7.46. The van der Waals surface area contributed by atoms with Gasteiger partial charge in [0.2, 0.25) is 22.8 Å². The number of nitrogens with zero attached hydrogens (tertiary/aromatic N) is 3. The summed E-state index contributed by atoms with van der Waals surface area (Å²) in [4.78, 5) is 24.9. The van der Waals surface area contributed by atoms with Crippen LogP contribution in [0.5, 0.6) is 11.8 Å². The number of amides is 1. The Morgan fingerprint density at radius 2 is 2.03 bits per heavy atom. The van der Waals surface area contributed by atoms with E-state index in [1.54, 1.807) is 24.3 Å². The van der Waals surface area contributed by atoms with Gasteiger partial charge >= 0.3 is 0 Å². The van der Waals surface area contributed by atoms with E-state index < -0.39 is 18.8 Å². The van der Waals surface area contributed by atoms with Crippen LogP contribution in [0.1, 0.15) is 28.7 Å². The number of hydrogen-bond donors (Lipinski definition) is 2. The molecule has 168 valence electrons. The average molecular weight is 472 g/mol. The molecule has 0 unspecified atom stereocenters. The minimum Gasteiger partial charge on any atom is -0.449 e. The second-order valence-corrected chi connectivity index (χ2v) is 8.59. The van der Waals surface area contributed by atoms with E-state index in [4.69, 9.17) is 20.8 Å². The Hall–Kier alpha value is -3.53. The maximum atomic E-state index is 13.9. The number of benzene rings is 1. The number of furan rings is 1. The fourth-order valence-electron chi connectivity index (χ4n) is 4.32. The number of fused-ring (bicyclic) bond motifs is 6. The van der Waals surface area contributed by atoms with Crippen molar-refractivity contribution < 1.29 is 22.7 Å². The van der Waals surface area contributed by atoms with Gasteiger partial charge in [-0.2, -0.15) is 4.98 Å². The molecule has 3 aromatic heterocycles. The third-order valence-corrected chi connectivity index (χ3v) is 5.92. The largest absolute Gasteiger partial charge is 0.449 e. The summed E-state index contributed by atoms with van der Waals surface area (Å²) >= 11 is 5.92. The maximum Gasteiger partial charge on any atom is 0.289 e. The third-order valence-electron chi connectivity index (χ3n) is 5.76. The number of rotatable bonds is 2. The van der Waals surface area contributed by atoms with Crippen LogP contribution < -0.4 is 15.4 Å². The molecule has 11 heteroatoms.